The van der Waals surface area contributed by atoms with Gasteiger partial charge in [-0.05, 0) is 43.2 Å². The number of carbonyl (C=O) groups is 2. The summed E-state index contributed by atoms with van der Waals surface area (Å²) >= 11 is 0. The van der Waals surface area contributed by atoms with Gasteiger partial charge in [-0.25, -0.2) is 9.78 Å². The van der Waals surface area contributed by atoms with Crippen LogP contribution in [-0.4, -0.2) is 28.5 Å². The van der Waals surface area contributed by atoms with E-state index in [0.717, 1.165) is 35.3 Å². The van der Waals surface area contributed by atoms with Crippen molar-refractivity contribution in [3.8, 4) is 11.4 Å². The summed E-state index contributed by atoms with van der Waals surface area (Å²) in [5.74, 6) is 0.0168. The largest absolute Gasteiger partial charge is 0.465 e. The standard InChI is InChI=1S/C21H21N3O3/c1-27-21(26)14-8-6-13(7-9-14)20-23-17-12-15(19(22)25)10-11-18(17)24(20)16-4-2-3-5-16/h6-12,16H,2-5H2,1H3,(H2,22,25). The lowest BCUT2D eigenvalue weighted by Crippen LogP contribution is -2.10. The maximum absolute atomic E-state index is 11.7. The second-order valence-electron chi connectivity index (χ2n) is 6.88. The minimum absolute atomic E-state index is 0.364. The zero-order chi connectivity index (χ0) is 19.0. The first kappa shape index (κ1) is 17.3. The van der Waals surface area contributed by atoms with Gasteiger partial charge in [0.15, 0.2) is 0 Å². The van der Waals surface area contributed by atoms with Gasteiger partial charge in [-0.2, -0.15) is 0 Å². The van der Waals surface area contributed by atoms with Gasteiger partial charge in [0.2, 0.25) is 5.91 Å². The van der Waals surface area contributed by atoms with Gasteiger partial charge in [0.1, 0.15) is 5.82 Å². The molecule has 1 amide bonds. The molecule has 0 bridgehead atoms. The van der Waals surface area contributed by atoms with E-state index in [-0.39, 0.29) is 5.97 Å². The number of rotatable bonds is 4. The Hall–Kier alpha value is -3.15. The Bertz CT molecular complexity index is 1020. The van der Waals surface area contributed by atoms with Crippen molar-refractivity contribution >= 4 is 22.9 Å². The first-order valence-corrected chi connectivity index (χ1v) is 9.09. The Balaban J connectivity index is 1.86. The van der Waals surface area contributed by atoms with E-state index in [2.05, 4.69) is 4.57 Å². The summed E-state index contributed by atoms with van der Waals surface area (Å²) < 4.78 is 7.03. The Morgan fingerprint density at radius 1 is 1.07 bits per heavy atom. The molecule has 1 heterocycles. The number of hydrogen-bond donors (Lipinski definition) is 1. The smallest absolute Gasteiger partial charge is 0.337 e. The molecule has 1 saturated carbocycles. The Morgan fingerprint density at radius 3 is 2.37 bits per heavy atom. The number of primary amides is 1. The molecule has 27 heavy (non-hydrogen) atoms. The van der Waals surface area contributed by atoms with Crippen molar-refractivity contribution in [2.45, 2.75) is 31.7 Å². The minimum Gasteiger partial charge on any atom is -0.465 e. The number of aromatic nitrogens is 2. The number of ether oxygens (including phenoxy) is 1. The molecule has 4 rings (SSSR count). The number of amides is 1. The van der Waals surface area contributed by atoms with Crippen LogP contribution < -0.4 is 5.73 Å². The van der Waals surface area contributed by atoms with Crippen molar-refractivity contribution in [2.24, 2.45) is 5.73 Å². The first-order valence-electron chi connectivity index (χ1n) is 9.09. The van der Waals surface area contributed by atoms with Crippen LogP contribution in [0.1, 0.15) is 52.4 Å². The Kier molecular flexibility index (Phi) is 4.39. The van der Waals surface area contributed by atoms with E-state index >= 15 is 0 Å². The summed E-state index contributed by atoms with van der Waals surface area (Å²) in [7, 11) is 1.37. The maximum Gasteiger partial charge on any atom is 0.337 e. The fourth-order valence-corrected chi connectivity index (χ4v) is 3.86. The van der Waals surface area contributed by atoms with Crippen molar-refractivity contribution < 1.29 is 14.3 Å². The molecule has 6 heteroatoms. The highest BCUT2D eigenvalue weighted by molar-refractivity contribution is 5.97. The van der Waals surface area contributed by atoms with Crippen LogP contribution in [0.3, 0.4) is 0 Å². The van der Waals surface area contributed by atoms with E-state index in [1.165, 1.54) is 20.0 Å². The number of esters is 1. The molecule has 0 atom stereocenters. The molecule has 1 fully saturated rings. The molecule has 1 aliphatic rings. The van der Waals surface area contributed by atoms with Crippen molar-refractivity contribution in [3.05, 3.63) is 53.6 Å². The van der Waals surface area contributed by atoms with Gasteiger partial charge in [-0.15, -0.1) is 0 Å². The summed E-state index contributed by atoms with van der Waals surface area (Å²) in [6.45, 7) is 0. The lowest BCUT2D eigenvalue weighted by atomic mass is 10.1. The SMILES string of the molecule is COC(=O)c1ccc(-c2nc3cc(C(N)=O)ccc3n2C2CCCC2)cc1. The molecule has 6 nitrogen and oxygen atoms in total. The van der Waals surface area contributed by atoms with E-state index in [1.54, 1.807) is 24.3 Å². The van der Waals surface area contributed by atoms with E-state index in [4.69, 9.17) is 15.5 Å². The van der Waals surface area contributed by atoms with Gasteiger partial charge in [-0.1, -0.05) is 25.0 Å². The third-order valence-electron chi connectivity index (χ3n) is 5.23. The fourth-order valence-electron chi connectivity index (χ4n) is 3.86. The van der Waals surface area contributed by atoms with Gasteiger partial charge in [0, 0.05) is 17.2 Å². The van der Waals surface area contributed by atoms with Gasteiger partial charge < -0.3 is 15.0 Å². The van der Waals surface area contributed by atoms with Gasteiger partial charge in [-0.3, -0.25) is 4.79 Å². The minimum atomic E-state index is -0.462. The van der Waals surface area contributed by atoms with Crippen LogP contribution in [0.5, 0.6) is 0 Å². The third kappa shape index (κ3) is 3.07. The molecule has 0 saturated heterocycles. The number of nitrogens with two attached hydrogens (primary N) is 1. The number of benzene rings is 2. The van der Waals surface area contributed by atoms with Crippen LogP contribution in [0.4, 0.5) is 0 Å². The van der Waals surface area contributed by atoms with Crippen LogP contribution in [0.15, 0.2) is 42.5 Å². The van der Waals surface area contributed by atoms with Gasteiger partial charge in [0.05, 0.1) is 23.7 Å². The average molecular weight is 363 g/mol. The zero-order valence-corrected chi connectivity index (χ0v) is 15.1. The average Bonchev–Trinajstić information content (AvgIpc) is 3.34. The number of nitrogens with zero attached hydrogens (tertiary/aromatic N) is 2. The highest BCUT2D eigenvalue weighted by Gasteiger charge is 2.24. The number of fused-ring (bicyclic) bond motifs is 1. The summed E-state index contributed by atoms with van der Waals surface area (Å²) in [6.07, 6.45) is 4.61. The van der Waals surface area contributed by atoms with Crippen molar-refractivity contribution in [2.75, 3.05) is 7.11 Å². The van der Waals surface area contributed by atoms with Gasteiger partial charge >= 0.3 is 5.97 Å². The second-order valence-corrected chi connectivity index (χ2v) is 6.88. The summed E-state index contributed by atoms with van der Waals surface area (Å²) in [5, 5.41) is 0. The highest BCUT2D eigenvalue weighted by atomic mass is 16.5. The van der Waals surface area contributed by atoms with Crippen molar-refractivity contribution in [1.82, 2.24) is 9.55 Å². The lowest BCUT2D eigenvalue weighted by molar-refractivity contribution is 0.0600. The Labute approximate surface area is 156 Å². The van der Waals surface area contributed by atoms with Gasteiger partial charge in [0.25, 0.3) is 0 Å². The molecule has 0 spiro atoms. The molecule has 1 aromatic heterocycles. The van der Waals surface area contributed by atoms with Crippen molar-refractivity contribution in [1.29, 1.82) is 0 Å². The van der Waals surface area contributed by atoms with Crippen molar-refractivity contribution in [3.63, 3.8) is 0 Å². The van der Waals surface area contributed by atoms with E-state index < -0.39 is 5.91 Å². The van der Waals surface area contributed by atoms with Crippen LogP contribution in [-0.2, 0) is 4.74 Å². The predicted molar refractivity (Wildman–Crippen MR) is 103 cm³/mol. The number of hydrogen-bond acceptors (Lipinski definition) is 4. The quantitative estimate of drug-likeness (QED) is 0.716. The molecule has 0 aliphatic heterocycles. The van der Waals surface area contributed by atoms with E-state index in [0.29, 0.717) is 17.2 Å². The monoisotopic (exact) mass is 363 g/mol. The molecular weight excluding hydrogens is 342 g/mol. The summed E-state index contributed by atoms with van der Waals surface area (Å²) in [4.78, 5) is 28.0. The van der Waals surface area contributed by atoms with Crippen LogP contribution >= 0.6 is 0 Å². The summed E-state index contributed by atoms with van der Waals surface area (Å²) in [5.41, 5.74) is 9.05. The fraction of sp³-hybridized carbons (Fsp3) is 0.286. The normalized spacial score (nSPS) is 14.6. The van der Waals surface area contributed by atoms with E-state index in [9.17, 15) is 9.59 Å². The molecule has 2 aromatic carbocycles. The molecule has 0 unspecified atom stereocenters. The van der Waals surface area contributed by atoms with Crippen LogP contribution in [0, 0.1) is 0 Å². The predicted octanol–water partition coefficient (Wildman–Crippen LogP) is 3.70. The number of carbonyl (C=O) groups excluding carboxylic acids is 2. The molecule has 3 aromatic rings. The van der Waals surface area contributed by atoms with E-state index in [1.807, 2.05) is 18.2 Å². The highest BCUT2D eigenvalue weighted by Crippen LogP contribution is 2.37. The van der Waals surface area contributed by atoms with Crippen LogP contribution in [0.25, 0.3) is 22.4 Å². The maximum atomic E-state index is 11.7. The molecule has 2 N–H and O–H groups in total. The zero-order valence-electron chi connectivity index (χ0n) is 15.1. The summed E-state index contributed by atoms with van der Waals surface area (Å²) in [6, 6.07) is 13.1. The van der Waals surface area contributed by atoms with Crippen LogP contribution in [0.2, 0.25) is 0 Å². The number of imidazole rings is 1. The Morgan fingerprint density at radius 2 is 1.74 bits per heavy atom. The molecule has 138 valence electrons. The molecule has 1 aliphatic carbocycles. The lowest BCUT2D eigenvalue weighted by Gasteiger charge is -2.16. The second kappa shape index (κ2) is 6.87. The topological polar surface area (TPSA) is 87.2 Å². The molecular formula is C21H21N3O3. The number of methoxy groups -OCH3 is 1. The first-order chi connectivity index (χ1) is 13.1. The molecule has 0 radical (unpaired) electrons. The third-order valence-corrected chi connectivity index (χ3v) is 5.23.